The molecule has 0 heterocycles. The quantitative estimate of drug-likeness (QED) is 0.739. The van der Waals surface area contributed by atoms with E-state index in [-0.39, 0.29) is 47.6 Å². The third-order valence-electron chi connectivity index (χ3n) is 1.01. The third-order valence-corrected chi connectivity index (χ3v) is 1.01. The van der Waals surface area contributed by atoms with Gasteiger partial charge in [-0.3, -0.25) is 0 Å². The molecule has 0 spiro atoms. The average Bonchev–Trinajstić information content (AvgIpc) is 1.65. The minimum Gasteiger partial charge on any atom is -0.396 e. The Morgan fingerprint density at radius 3 is 1.67 bits per heavy atom. The van der Waals surface area contributed by atoms with Crippen LogP contribution in [0.5, 0.6) is 0 Å². The summed E-state index contributed by atoms with van der Waals surface area (Å²) in [5.41, 5.74) is 0. The van der Waals surface area contributed by atoms with Gasteiger partial charge in [-0.25, -0.2) is 0 Å². The second-order valence-corrected chi connectivity index (χ2v) is 1.70. The number of aliphatic hydroxyl groups excluding tert-OH is 1. The molecular formula is C7H20OY. The van der Waals surface area contributed by atoms with Crippen molar-refractivity contribution in [2.45, 2.75) is 35.1 Å². The van der Waals surface area contributed by atoms with E-state index in [4.69, 9.17) is 5.11 Å². The summed E-state index contributed by atoms with van der Waals surface area (Å²) in [6.45, 7) is 4.43. The smallest absolute Gasteiger partial charge is 0.0456 e. The van der Waals surface area contributed by atoms with Crippen LogP contribution in [0.15, 0.2) is 0 Å². The topological polar surface area (TPSA) is 20.2 Å². The predicted octanol–water partition coefficient (Wildman–Crippen LogP) is 2.29. The van der Waals surface area contributed by atoms with Crippen LogP contribution in [0.4, 0.5) is 0 Å². The van der Waals surface area contributed by atoms with Gasteiger partial charge in [0.2, 0.25) is 0 Å². The molecule has 0 fully saturated rings. The number of rotatable bonds is 2. The van der Waals surface area contributed by atoms with Gasteiger partial charge in [0.25, 0.3) is 0 Å². The molecular weight excluding hydrogens is 189 g/mol. The molecule has 0 aliphatic rings. The van der Waals surface area contributed by atoms with Gasteiger partial charge in [0.15, 0.2) is 0 Å². The van der Waals surface area contributed by atoms with Crippen molar-refractivity contribution in [3.05, 3.63) is 0 Å². The summed E-state index contributed by atoms with van der Waals surface area (Å²) in [5.74, 6) is 0.491. The zero-order valence-corrected chi connectivity index (χ0v) is 7.85. The fourth-order valence-corrected chi connectivity index (χ4v) is 0.129. The van der Waals surface area contributed by atoms with Gasteiger partial charge in [0.05, 0.1) is 0 Å². The Balaban J connectivity index is -0.0000000417. The van der Waals surface area contributed by atoms with Crippen LogP contribution in [-0.2, 0) is 32.7 Å². The van der Waals surface area contributed by atoms with Gasteiger partial charge >= 0.3 is 0 Å². The molecule has 0 saturated heterocycles. The molecule has 0 aromatic carbocycles. The maximum atomic E-state index is 8.33. The van der Waals surface area contributed by atoms with E-state index in [0.717, 1.165) is 6.42 Å². The minimum absolute atomic E-state index is 0. The largest absolute Gasteiger partial charge is 0.396 e. The molecule has 1 unspecified atom stereocenters. The summed E-state index contributed by atoms with van der Waals surface area (Å²) in [6.07, 6.45) is 1.08. The first-order valence-corrected chi connectivity index (χ1v) is 2.42. The van der Waals surface area contributed by atoms with E-state index in [9.17, 15) is 0 Å². The zero-order chi connectivity index (χ0) is 4.99. The van der Waals surface area contributed by atoms with Crippen molar-refractivity contribution in [1.29, 1.82) is 0 Å². The zero-order valence-electron chi connectivity index (χ0n) is 5.02. The fourth-order valence-electron chi connectivity index (χ4n) is 0.129. The van der Waals surface area contributed by atoms with Gasteiger partial charge < -0.3 is 5.11 Å². The van der Waals surface area contributed by atoms with Crippen molar-refractivity contribution in [3.63, 3.8) is 0 Å². The van der Waals surface area contributed by atoms with E-state index < -0.39 is 0 Å². The van der Waals surface area contributed by atoms with Crippen molar-refractivity contribution >= 4 is 0 Å². The van der Waals surface area contributed by atoms with Gasteiger partial charge in [0, 0.05) is 39.3 Å². The molecule has 0 aromatic heterocycles. The molecule has 1 N–H and O–H groups in total. The first-order valence-electron chi connectivity index (χ1n) is 2.42. The fraction of sp³-hybridized carbons (Fsp3) is 1.00. The Morgan fingerprint density at radius 2 is 1.67 bits per heavy atom. The van der Waals surface area contributed by atoms with E-state index in [2.05, 4.69) is 6.92 Å². The molecule has 0 rings (SSSR count). The van der Waals surface area contributed by atoms with Crippen LogP contribution in [-0.4, -0.2) is 11.7 Å². The van der Waals surface area contributed by atoms with Crippen LogP contribution >= 0.6 is 0 Å². The van der Waals surface area contributed by atoms with Crippen molar-refractivity contribution in [3.8, 4) is 0 Å². The Kier molecular flexibility index (Phi) is 40.0. The van der Waals surface area contributed by atoms with E-state index in [0.29, 0.717) is 12.5 Å². The molecule has 1 radical (unpaired) electrons. The molecule has 0 aliphatic carbocycles. The summed E-state index contributed by atoms with van der Waals surface area (Å²) in [4.78, 5) is 0. The maximum absolute atomic E-state index is 8.33. The molecule has 9 heavy (non-hydrogen) atoms. The Hall–Kier alpha value is 1.06. The summed E-state index contributed by atoms with van der Waals surface area (Å²) < 4.78 is 0. The van der Waals surface area contributed by atoms with Crippen LogP contribution in [0.2, 0.25) is 0 Å². The Labute approximate surface area is 85.1 Å². The Bertz CT molecular complexity index is 28.1. The molecule has 57 valence electrons. The predicted molar refractivity (Wildman–Crippen MR) is 40.0 cm³/mol. The monoisotopic (exact) mass is 209 g/mol. The van der Waals surface area contributed by atoms with Gasteiger partial charge in [-0.2, -0.15) is 0 Å². The van der Waals surface area contributed by atoms with Gasteiger partial charge in [-0.1, -0.05) is 35.1 Å². The molecule has 2 heteroatoms. The van der Waals surface area contributed by atoms with Crippen molar-refractivity contribution in [1.82, 2.24) is 0 Å². The van der Waals surface area contributed by atoms with Gasteiger partial charge in [0.1, 0.15) is 0 Å². The van der Waals surface area contributed by atoms with E-state index in [1.165, 1.54) is 0 Å². The number of hydrogen-bond acceptors (Lipinski definition) is 1. The van der Waals surface area contributed by atoms with E-state index in [1.807, 2.05) is 6.92 Å². The first-order chi connectivity index (χ1) is 2.81. The summed E-state index contributed by atoms with van der Waals surface area (Å²) in [5, 5.41) is 8.33. The molecule has 0 amide bonds. The van der Waals surface area contributed by atoms with Crippen LogP contribution in [0.3, 0.4) is 0 Å². The molecule has 1 nitrogen and oxygen atoms in total. The minimum atomic E-state index is 0. The molecule has 0 bridgehead atoms. The third kappa shape index (κ3) is 17.6. The summed E-state index contributed by atoms with van der Waals surface area (Å²) in [7, 11) is 0. The van der Waals surface area contributed by atoms with Crippen LogP contribution in [0.1, 0.15) is 35.1 Å². The van der Waals surface area contributed by atoms with Gasteiger partial charge in [-0.15, -0.1) is 0 Å². The van der Waals surface area contributed by atoms with Gasteiger partial charge in [-0.05, 0) is 5.92 Å². The average molecular weight is 209 g/mol. The molecule has 0 aliphatic heterocycles. The van der Waals surface area contributed by atoms with Crippen LogP contribution in [0.25, 0.3) is 0 Å². The SMILES string of the molecule is C.C.CCC(C)CO.[Y]. The van der Waals surface area contributed by atoms with E-state index in [1.54, 1.807) is 0 Å². The second kappa shape index (κ2) is 16.0. The van der Waals surface area contributed by atoms with Crippen LogP contribution in [0, 0.1) is 5.92 Å². The van der Waals surface area contributed by atoms with Crippen LogP contribution < -0.4 is 0 Å². The summed E-state index contributed by atoms with van der Waals surface area (Å²) in [6, 6.07) is 0. The van der Waals surface area contributed by atoms with Crippen molar-refractivity contribution in [2.24, 2.45) is 5.92 Å². The second-order valence-electron chi connectivity index (χ2n) is 1.70. The molecule has 0 saturated carbocycles. The molecule has 1 atom stereocenters. The normalized spacial score (nSPS) is 9.67. The first kappa shape index (κ1) is 22.5. The van der Waals surface area contributed by atoms with Crippen molar-refractivity contribution < 1.29 is 37.8 Å². The maximum Gasteiger partial charge on any atom is 0.0456 e. The Morgan fingerprint density at radius 1 is 1.33 bits per heavy atom. The number of aliphatic hydroxyl groups is 1. The number of hydrogen-bond donors (Lipinski definition) is 1. The standard InChI is InChI=1S/C5H12O.2CH4.Y/c1-3-5(2)4-6;;;/h5-6H,3-4H2,1-2H3;2*1H4;. The summed E-state index contributed by atoms with van der Waals surface area (Å²) >= 11 is 0. The van der Waals surface area contributed by atoms with E-state index >= 15 is 0 Å². The van der Waals surface area contributed by atoms with Crippen molar-refractivity contribution in [2.75, 3.05) is 6.61 Å². The molecule has 0 aromatic rings.